The van der Waals surface area contributed by atoms with Crippen LogP contribution < -0.4 is 5.32 Å². The Balaban J connectivity index is 3.93. The van der Waals surface area contributed by atoms with Crippen molar-refractivity contribution in [2.45, 2.75) is 0 Å². The predicted octanol–water partition coefficient (Wildman–Crippen LogP) is 0.226. The third-order valence-electron chi connectivity index (χ3n) is 1.81. The molecule has 1 amide bonds. The summed E-state index contributed by atoms with van der Waals surface area (Å²) in [5.41, 5.74) is 0. The summed E-state index contributed by atoms with van der Waals surface area (Å²) in [5.74, 6) is 0. The Labute approximate surface area is 102 Å². The number of carbonyl (C=O) groups excluding carboxylic acids is 1. The molecule has 0 aromatic heterocycles. The minimum absolute atomic E-state index is 0.0776. The Bertz CT molecular complexity index is 267. The first-order valence-corrected chi connectivity index (χ1v) is 6.71. The monoisotopic (exact) mass is 269 g/mol. The molecule has 0 rings (SSSR count). The van der Waals surface area contributed by atoms with Crippen molar-refractivity contribution in [2.24, 2.45) is 0 Å². The van der Waals surface area contributed by atoms with Crippen LogP contribution in [0.25, 0.3) is 0 Å². The van der Waals surface area contributed by atoms with E-state index in [0.29, 0.717) is 17.4 Å². The zero-order chi connectivity index (χ0) is 13.4. The van der Waals surface area contributed by atoms with Crippen LogP contribution in [0, 0.1) is 0 Å². The molecule has 0 spiro atoms. The lowest BCUT2D eigenvalue weighted by Crippen LogP contribution is -2.37. The van der Waals surface area contributed by atoms with Crippen LogP contribution in [-0.4, -0.2) is 65.4 Å². The Morgan fingerprint density at radius 2 is 1.82 bits per heavy atom. The highest BCUT2D eigenvalue weighted by molar-refractivity contribution is 7.48. The number of nitrogens with one attached hydrogen (secondary N) is 1. The van der Waals surface area contributed by atoms with Gasteiger partial charge in [0.15, 0.2) is 0 Å². The van der Waals surface area contributed by atoms with E-state index in [-0.39, 0.29) is 19.8 Å². The van der Waals surface area contributed by atoms with Crippen LogP contribution in [0.5, 0.6) is 0 Å². The number of quaternary nitrogens is 1. The largest absolute Gasteiger partial charge is 0.474 e. The summed E-state index contributed by atoms with van der Waals surface area (Å²) in [6, 6.07) is 0. The third-order valence-corrected chi connectivity index (χ3v) is 3.26. The molecule has 102 valence electrons. The molecule has 0 aliphatic rings. The van der Waals surface area contributed by atoms with Crippen molar-refractivity contribution in [1.29, 1.82) is 0 Å². The second kappa shape index (κ2) is 7.79. The van der Waals surface area contributed by atoms with Crippen LogP contribution in [0.1, 0.15) is 0 Å². The zero-order valence-corrected chi connectivity index (χ0v) is 11.7. The molecule has 8 heteroatoms. The lowest BCUT2D eigenvalue weighted by atomic mass is 10.5. The van der Waals surface area contributed by atoms with Gasteiger partial charge in [-0.2, -0.15) is 0 Å². The molecule has 0 saturated heterocycles. The molecular formula is C9H22N2O5P+. The minimum Gasteiger partial charge on any atom is -0.356 e. The van der Waals surface area contributed by atoms with E-state index in [9.17, 15) is 9.36 Å². The molecule has 0 fully saturated rings. The van der Waals surface area contributed by atoms with Gasteiger partial charge in [0.05, 0.1) is 27.7 Å². The molecule has 0 bridgehead atoms. The minimum atomic E-state index is -3.49. The molecule has 0 aromatic carbocycles. The molecule has 0 saturated carbocycles. The maximum atomic E-state index is 11.8. The number of nitrogens with zero attached hydrogens (tertiary/aromatic N) is 1. The van der Waals surface area contributed by atoms with Crippen LogP contribution >= 0.6 is 7.82 Å². The van der Waals surface area contributed by atoms with Gasteiger partial charge in [0.1, 0.15) is 13.2 Å². The number of hydrogen-bond donors (Lipinski definition) is 1. The van der Waals surface area contributed by atoms with Crippen LogP contribution in [0.4, 0.5) is 0 Å². The Morgan fingerprint density at radius 1 is 1.24 bits per heavy atom. The Kier molecular flexibility index (Phi) is 7.58. The second-order valence-electron chi connectivity index (χ2n) is 4.38. The highest BCUT2D eigenvalue weighted by atomic mass is 31.2. The fourth-order valence-electron chi connectivity index (χ4n) is 0.844. The molecule has 17 heavy (non-hydrogen) atoms. The van der Waals surface area contributed by atoms with E-state index in [1.165, 1.54) is 7.11 Å². The lowest BCUT2D eigenvalue weighted by Gasteiger charge is -2.24. The summed E-state index contributed by atoms with van der Waals surface area (Å²) in [5, 5.41) is 2.38. The van der Waals surface area contributed by atoms with E-state index >= 15 is 0 Å². The maximum Gasteiger partial charge on any atom is 0.474 e. The summed E-state index contributed by atoms with van der Waals surface area (Å²) in [7, 11) is 3.76. The van der Waals surface area contributed by atoms with Crippen LogP contribution in [-0.2, 0) is 22.9 Å². The third kappa shape index (κ3) is 9.26. The van der Waals surface area contributed by atoms with Gasteiger partial charge in [-0.25, -0.2) is 4.57 Å². The number of phosphoric ester groups is 1. The average Bonchev–Trinajstić information content (AvgIpc) is 2.23. The molecule has 0 aliphatic heterocycles. The zero-order valence-electron chi connectivity index (χ0n) is 10.8. The molecule has 1 atom stereocenters. The van der Waals surface area contributed by atoms with Gasteiger partial charge in [-0.05, 0) is 0 Å². The second-order valence-corrected chi connectivity index (χ2v) is 6.16. The van der Waals surface area contributed by atoms with E-state index in [4.69, 9.17) is 13.6 Å². The van der Waals surface area contributed by atoms with E-state index in [1.54, 1.807) is 0 Å². The van der Waals surface area contributed by atoms with Crippen molar-refractivity contribution in [2.75, 3.05) is 54.6 Å². The van der Waals surface area contributed by atoms with Crippen molar-refractivity contribution in [3.8, 4) is 0 Å². The van der Waals surface area contributed by atoms with Crippen LogP contribution in [0.15, 0.2) is 0 Å². The summed E-state index contributed by atoms with van der Waals surface area (Å²) in [4.78, 5) is 9.98. The van der Waals surface area contributed by atoms with Crippen molar-refractivity contribution >= 4 is 14.2 Å². The quantitative estimate of drug-likeness (QED) is 0.266. The lowest BCUT2D eigenvalue weighted by molar-refractivity contribution is -0.870. The predicted molar refractivity (Wildman–Crippen MR) is 63.5 cm³/mol. The standard InChI is InChI=1S/C9H21N2O5P/c1-11(2,3)6-8-16-17(13,14-4)15-7-5-10-9-12/h9H,5-8H2,1-4H3/p+1. The molecule has 7 nitrogen and oxygen atoms in total. The molecular weight excluding hydrogens is 247 g/mol. The first kappa shape index (κ1) is 16.5. The van der Waals surface area contributed by atoms with Crippen molar-refractivity contribution < 1.29 is 27.4 Å². The summed E-state index contributed by atoms with van der Waals surface area (Å²) in [6.07, 6.45) is 0.541. The number of rotatable bonds is 10. The summed E-state index contributed by atoms with van der Waals surface area (Å²) in [6.45, 7) is 1.29. The molecule has 0 aliphatic carbocycles. The van der Waals surface area contributed by atoms with Crippen LogP contribution in [0.2, 0.25) is 0 Å². The van der Waals surface area contributed by atoms with Gasteiger partial charge in [0.25, 0.3) is 0 Å². The highest BCUT2D eigenvalue weighted by Crippen LogP contribution is 2.48. The van der Waals surface area contributed by atoms with E-state index in [2.05, 4.69) is 5.32 Å². The van der Waals surface area contributed by atoms with Crippen molar-refractivity contribution in [1.82, 2.24) is 5.32 Å². The Morgan fingerprint density at radius 3 is 2.29 bits per heavy atom. The van der Waals surface area contributed by atoms with Crippen molar-refractivity contribution in [3.63, 3.8) is 0 Å². The van der Waals surface area contributed by atoms with E-state index < -0.39 is 7.82 Å². The number of phosphoric acid groups is 1. The number of likely N-dealkylation sites (N-methyl/N-ethyl adjacent to an activating group) is 1. The highest BCUT2D eigenvalue weighted by Gasteiger charge is 2.25. The normalized spacial score (nSPS) is 15.3. The average molecular weight is 269 g/mol. The Hall–Kier alpha value is -0.460. The van der Waals surface area contributed by atoms with Gasteiger partial charge in [0, 0.05) is 13.7 Å². The molecule has 0 heterocycles. The fourth-order valence-corrected chi connectivity index (χ4v) is 1.75. The molecule has 1 unspecified atom stereocenters. The summed E-state index contributed by atoms with van der Waals surface area (Å²) < 4.78 is 27.3. The van der Waals surface area contributed by atoms with Crippen LogP contribution in [0.3, 0.4) is 0 Å². The molecule has 0 aromatic rings. The van der Waals surface area contributed by atoms with Gasteiger partial charge < -0.3 is 9.80 Å². The van der Waals surface area contributed by atoms with E-state index in [0.717, 1.165) is 0 Å². The SMILES string of the molecule is COP(=O)(OCCNC=O)OCC[N+](C)(C)C. The smallest absolute Gasteiger partial charge is 0.356 e. The molecule has 1 N–H and O–H groups in total. The number of carbonyl (C=O) groups is 1. The maximum absolute atomic E-state index is 11.8. The first-order valence-electron chi connectivity index (χ1n) is 5.25. The fraction of sp³-hybridized carbons (Fsp3) is 0.889. The molecule has 0 radical (unpaired) electrons. The van der Waals surface area contributed by atoms with Crippen molar-refractivity contribution in [3.05, 3.63) is 0 Å². The summed E-state index contributed by atoms with van der Waals surface area (Å²) >= 11 is 0. The number of amides is 1. The topological polar surface area (TPSA) is 73.9 Å². The number of hydrogen-bond acceptors (Lipinski definition) is 5. The first-order chi connectivity index (χ1) is 7.83. The van der Waals surface area contributed by atoms with Gasteiger partial charge in [-0.3, -0.25) is 18.4 Å². The van der Waals surface area contributed by atoms with Gasteiger partial charge in [-0.15, -0.1) is 0 Å². The van der Waals surface area contributed by atoms with Gasteiger partial charge in [-0.1, -0.05) is 0 Å². The van der Waals surface area contributed by atoms with E-state index in [1.807, 2.05) is 21.1 Å². The van der Waals surface area contributed by atoms with Gasteiger partial charge in [0.2, 0.25) is 6.41 Å². The van der Waals surface area contributed by atoms with Gasteiger partial charge >= 0.3 is 7.82 Å².